The van der Waals surface area contributed by atoms with Crippen LogP contribution in [0.2, 0.25) is 0 Å². The van der Waals surface area contributed by atoms with E-state index in [0.717, 1.165) is 11.8 Å². The number of nitrogens with zero attached hydrogens (tertiary/aromatic N) is 1. The number of amides is 1. The van der Waals surface area contributed by atoms with Gasteiger partial charge in [-0.1, -0.05) is 42.5 Å². The Morgan fingerprint density at radius 2 is 1.74 bits per heavy atom. The van der Waals surface area contributed by atoms with Gasteiger partial charge in [0.05, 0.1) is 18.6 Å². The van der Waals surface area contributed by atoms with Crippen LogP contribution >= 0.6 is 0 Å². The van der Waals surface area contributed by atoms with E-state index in [1.54, 1.807) is 18.2 Å². The first kappa shape index (κ1) is 20.9. The highest BCUT2D eigenvalue weighted by molar-refractivity contribution is 7.88. The lowest BCUT2D eigenvalue weighted by molar-refractivity contribution is -0.116. The zero-order valence-corrected chi connectivity index (χ0v) is 16.7. The van der Waals surface area contributed by atoms with Crippen molar-refractivity contribution in [2.24, 2.45) is 0 Å². The fraction of sp³-hybridized carbons (Fsp3) is 0.350. The number of carbonyl (C=O) groups excluding carboxylic acids is 1. The quantitative estimate of drug-likeness (QED) is 0.712. The van der Waals surface area contributed by atoms with Crippen molar-refractivity contribution in [3.05, 3.63) is 60.2 Å². The second-order valence-electron chi connectivity index (χ2n) is 6.19. The molecule has 0 saturated heterocycles. The average molecular weight is 391 g/mol. The van der Waals surface area contributed by atoms with Gasteiger partial charge in [-0.3, -0.25) is 4.79 Å². The van der Waals surface area contributed by atoms with E-state index >= 15 is 0 Å². The molecule has 0 aliphatic heterocycles. The standard InChI is InChI=1S/C20H26N2O4S/c1-4-26-19-13-9-8-12-18(19)21-20(23)14-15-22(27(3,24)25)16(2)17-10-6-5-7-11-17/h5-13,16H,4,14-15H2,1-3H3,(H,21,23). The molecule has 2 aromatic rings. The second kappa shape index (κ2) is 9.53. The van der Waals surface area contributed by atoms with Gasteiger partial charge < -0.3 is 10.1 Å². The lowest BCUT2D eigenvalue weighted by Gasteiger charge is -2.27. The van der Waals surface area contributed by atoms with Gasteiger partial charge in [0.2, 0.25) is 15.9 Å². The lowest BCUT2D eigenvalue weighted by atomic mass is 10.1. The minimum atomic E-state index is -3.47. The van der Waals surface area contributed by atoms with Crippen LogP contribution in [-0.4, -0.2) is 38.0 Å². The smallest absolute Gasteiger partial charge is 0.225 e. The van der Waals surface area contributed by atoms with Crippen molar-refractivity contribution in [2.75, 3.05) is 24.7 Å². The highest BCUT2D eigenvalue weighted by Gasteiger charge is 2.25. The van der Waals surface area contributed by atoms with Crippen LogP contribution in [0.15, 0.2) is 54.6 Å². The highest BCUT2D eigenvalue weighted by atomic mass is 32.2. The number of para-hydroxylation sites is 2. The van der Waals surface area contributed by atoms with Crippen LogP contribution in [0.5, 0.6) is 5.75 Å². The van der Waals surface area contributed by atoms with E-state index < -0.39 is 10.0 Å². The van der Waals surface area contributed by atoms with Gasteiger partial charge in [0.1, 0.15) is 5.75 Å². The average Bonchev–Trinajstić information content (AvgIpc) is 2.63. The van der Waals surface area contributed by atoms with E-state index in [1.807, 2.05) is 50.2 Å². The molecule has 1 atom stereocenters. The largest absolute Gasteiger partial charge is 0.492 e. The molecular formula is C20H26N2O4S. The molecule has 0 bridgehead atoms. The van der Waals surface area contributed by atoms with Crippen molar-refractivity contribution in [1.82, 2.24) is 4.31 Å². The molecule has 1 unspecified atom stereocenters. The van der Waals surface area contributed by atoms with Crippen LogP contribution in [0.3, 0.4) is 0 Å². The van der Waals surface area contributed by atoms with Crippen LogP contribution in [0.1, 0.15) is 31.9 Å². The summed E-state index contributed by atoms with van der Waals surface area (Å²) in [5.74, 6) is 0.321. The third-order valence-electron chi connectivity index (χ3n) is 4.16. The van der Waals surface area contributed by atoms with Crippen molar-refractivity contribution in [3.8, 4) is 5.75 Å². The molecule has 146 valence electrons. The molecule has 0 aromatic heterocycles. The topological polar surface area (TPSA) is 75.7 Å². The van der Waals surface area contributed by atoms with E-state index in [-0.39, 0.29) is 24.9 Å². The Hall–Kier alpha value is -2.38. The summed E-state index contributed by atoms with van der Waals surface area (Å²) in [5, 5.41) is 2.80. The summed E-state index contributed by atoms with van der Waals surface area (Å²) in [6.45, 7) is 4.27. The molecule has 2 aromatic carbocycles. The number of sulfonamides is 1. The summed E-state index contributed by atoms with van der Waals surface area (Å²) in [7, 11) is -3.47. The maximum Gasteiger partial charge on any atom is 0.225 e. The minimum Gasteiger partial charge on any atom is -0.492 e. The molecule has 27 heavy (non-hydrogen) atoms. The van der Waals surface area contributed by atoms with E-state index in [0.29, 0.717) is 18.0 Å². The van der Waals surface area contributed by atoms with Gasteiger partial charge in [0.25, 0.3) is 0 Å². The molecule has 0 saturated carbocycles. The molecule has 0 heterocycles. The summed E-state index contributed by atoms with van der Waals surface area (Å²) >= 11 is 0. The molecule has 1 N–H and O–H groups in total. The zero-order chi connectivity index (χ0) is 19.9. The molecule has 7 heteroatoms. The Balaban J connectivity index is 2.06. The first-order valence-corrected chi connectivity index (χ1v) is 10.7. The van der Waals surface area contributed by atoms with Crippen LogP contribution in [0, 0.1) is 0 Å². The molecule has 0 aliphatic carbocycles. The maximum absolute atomic E-state index is 12.4. The SMILES string of the molecule is CCOc1ccccc1NC(=O)CCN(C(C)c1ccccc1)S(C)(=O)=O. The lowest BCUT2D eigenvalue weighted by Crippen LogP contribution is -2.35. The van der Waals surface area contributed by atoms with Gasteiger partial charge in [-0.2, -0.15) is 4.31 Å². The second-order valence-corrected chi connectivity index (χ2v) is 8.12. The van der Waals surface area contributed by atoms with Gasteiger partial charge in [-0.05, 0) is 31.5 Å². The van der Waals surface area contributed by atoms with Crippen molar-refractivity contribution in [2.45, 2.75) is 26.3 Å². The molecule has 1 amide bonds. The van der Waals surface area contributed by atoms with E-state index in [9.17, 15) is 13.2 Å². The summed E-state index contributed by atoms with van der Waals surface area (Å²) in [6, 6.07) is 16.2. The van der Waals surface area contributed by atoms with Gasteiger partial charge in [0.15, 0.2) is 0 Å². The monoisotopic (exact) mass is 390 g/mol. The summed E-state index contributed by atoms with van der Waals surface area (Å²) in [5.41, 5.74) is 1.45. The predicted octanol–water partition coefficient (Wildman–Crippen LogP) is 3.44. The Kier molecular flexibility index (Phi) is 7.38. The molecule has 0 aliphatic rings. The molecule has 2 rings (SSSR count). The van der Waals surface area contributed by atoms with Crippen molar-refractivity contribution in [1.29, 1.82) is 0 Å². The third-order valence-corrected chi connectivity index (χ3v) is 5.51. The number of ether oxygens (including phenoxy) is 1. The highest BCUT2D eigenvalue weighted by Crippen LogP contribution is 2.25. The van der Waals surface area contributed by atoms with Gasteiger partial charge >= 0.3 is 0 Å². The summed E-state index contributed by atoms with van der Waals surface area (Å²) in [4.78, 5) is 12.4. The number of carbonyl (C=O) groups is 1. The van der Waals surface area contributed by atoms with Crippen molar-refractivity contribution < 1.29 is 17.9 Å². The Labute approximate surface area is 161 Å². The van der Waals surface area contributed by atoms with Crippen molar-refractivity contribution in [3.63, 3.8) is 0 Å². The fourth-order valence-electron chi connectivity index (χ4n) is 2.82. The molecule has 0 spiro atoms. The molecule has 0 fully saturated rings. The molecule has 6 nitrogen and oxygen atoms in total. The van der Waals surface area contributed by atoms with Gasteiger partial charge in [-0.25, -0.2) is 8.42 Å². The van der Waals surface area contributed by atoms with Crippen LogP contribution in [0.4, 0.5) is 5.69 Å². The number of anilines is 1. The van der Waals surface area contributed by atoms with E-state index in [1.165, 1.54) is 4.31 Å². The summed E-state index contributed by atoms with van der Waals surface area (Å²) < 4.78 is 31.3. The first-order valence-electron chi connectivity index (χ1n) is 8.86. The first-order chi connectivity index (χ1) is 12.8. The predicted molar refractivity (Wildman–Crippen MR) is 107 cm³/mol. The Bertz CT molecular complexity index is 853. The minimum absolute atomic E-state index is 0.0463. The molecule has 0 radical (unpaired) electrons. The molecular weight excluding hydrogens is 364 g/mol. The normalized spacial score (nSPS) is 12.6. The number of rotatable bonds is 9. The van der Waals surface area contributed by atoms with E-state index in [2.05, 4.69) is 5.32 Å². The zero-order valence-electron chi connectivity index (χ0n) is 15.9. The van der Waals surface area contributed by atoms with Crippen LogP contribution in [0.25, 0.3) is 0 Å². The number of hydrogen-bond acceptors (Lipinski definition) is 4. The van der Waals surface area contributed by atoms with Crippen LogP contribution < -0.4 is 10.1 Å². The maximum atomic E-state index is 12.4. The van der Waals surface area contributed by atoms with E-state index in [4.69, 9.17) is 4.74 Å². The number of nitrogens with one attached hydrogen (secondary N) is 1. The van der Waals surface area contributed by atoms with Crippen molar-refractivity contribution >= 4 is 21.6 Å². The van der Waals surface area contributed by atoms with Crippen LogP contribution in [-0.2, 0) is 14.8 Å². The number of benzene rings is 2. The van der Waals surface area contributed by atoms with Gasteiger partial charge in [-0.15, -0.1) is 0 Å². The Morgan fingerprint density at radius 3 is 2.37 bits per heavy atom. The summed E-state index contributed by atoms with van der Waals surface area (Å²) in [6.07, 6.45) is 1.21. The third kappa shape index (κ3) is 6.08. The Morgan fingerprint density at radius 1 is 1.11 bits per heavy atom. The fourth-order valence-corrected chi connectivity index (χ4v) is 3.94. The van der Waals surface area contributed by atoms with Gasteiger partial charge in [0, 0.05) is 19.0 Å². The number of hydrogen-bond donors (Lipinski definition) is 1.